The molecule has 0 bridgehead atoms. The second-order valence-corrected chi connectivity index (χ2v) is 6.25. The molecule has 1 aromatic carbocycles. The number of rotatable bonds is 2. The molecule has 0 saturated heterocycles. The van der Waals surface area contributed by atoms with Crippen LogP contribution in [0.4, 0.5) is 13.2 Å². The molecular weight excluding hydrogens is 383 g/mol. The number of hydrogen-bond acceptors (Lipinski definition) is 3. The van der Waals surface area contributed by atoms with E-state index in [0.717, 1.165) is 10.6 Å². The Hall–Kier alpha value is -3.00. The molecule has 0 spiro atoms. The highest BCUT2D eigenvalue weighted by molar-refractivity contribution is 6.35. The van der Waals surface area contributed by atoms with Crippen molar-refractivity contribution in [2.45, 2.75) is 6.18 Å². The van der Waals surface area contributed by atoms with Crippen molar-refractivity contribution < 1.29 is 17.9 Å². The summed E-state index contributed by atoms with van der Waals surface area (Å²) in [7, 11) is 1.35. The minimum atomic E-state index is -4.59. The lowest BCUT2D eigenvalue weighted by atomic mass is 10.0. The quantitative estimate of drug-likeness (QED) is 0.544. The number of aromatic amines is 1. The Morgan fingerprint density at radius 1 is 1.15 bits per heavy atom. The summed E-state index contributed by atoms with van der Waals surface area (Å²) in [5.74, 6) is 0.166. The highest BCUT2D eigenvalue weighted by Gasteiger charge is 2.34. The van der Waals surface area contributed by atoms with Gasteiger partial charge in [0.05, 0.1) is 17.6 Å². The van der Waals surface area contributed by atoms with Gasteiger partial charge in [-0.15, -0.1) is 0 Å². The van der Waals surface area contributed by atoms with Crippen LogP contribution in [0.15, 0.2) is 47.4 Å². The molecule has 27 heavy (non-hydrogen) atoms. The van der Waals surface area contributed by atoms with Gasteiger partial charge in [0, 0.05) is 28.6 Å². The number of nitrogens with zero attached hydrogens (tertiary/aromatic N) is 2. The zero-order valence-corrected chi connectivity index (χ0v) is 14.5. The van der Waals surface area contributed by atoms with Crippen LogP contribution in [-0.4, -0.2) is 21.7 Å². The van der Waals surface area contributed by atoms with Crippen molar-refractivity contribution in [3.63, 3.8) is 0 Å². The molecular formula is C18H11ClF3N3O2. The van der Waals surface area contributed by atoms with Crippen molar-refractivity contribution in [1.82, 2.24) is 14.6 Å². The molecule has 4 rings (SSSR count). The van der Waals surface area contributed by atoms with Gasteiger partial charge in [-0.1, -0.05) is 17.7 Å². The zero-order valence-electron chi connectivity index (χ0n) is 13.8. The number of halogens is 4. The lowest BCUT2D eigenvalue weighted by molar-refractivity contribution is -0.141. The Morgan fingerprint density at radius 2 is 1.93 bits per heavy atom. The summed E-state index contributed by atoms with van der Waals surface area (Å²) in [6, 6.07) is 9.01. The largest absolute Gasteiger partial charge is 0.481 e. The summed E-state index contributed by atoms with van der Waals surface area (Å²) in [6.07, 6.45) is -3.21. The maximum atomic E-state index is 13.1. The molecule has 0 radical (unpaired) electrons. The van der Waals surface area contributed by atoms with E-state index in [0.29, 0.717) is 26.9 Å². The standard InChI is InChI=1S/C18H11ClF3N3O2/c1-27-16-5-4-10(14-7-15(18(20,21)22)24-25(14)16)9-2-3-11-12(6-9)13(19)8-23-17(11)26/h2-8H,1H3,(H,23,26). The lowest BCUT2D eigenvalue weighted by Gasteiger charge is -2.09. The van der Waals surface area contributed by atoms with Crippen LogP contribution in [0.1, 0.15) is 5.69 Å². The van der Waals surface area contributed by atoms with Crippen molar-refractivity contribution in [2.75, 3.05) is 7.11 Å². The van der Waals surface area contributed by atoms with Crippen LogP contribution in [0.25, 0.3) is 27.4 Å². The van der Waals surface area contributed by atoms with Crippen molar-refractivity contribution in [3.8, 4) is 17.0 Å². The third kappa shape index (κ3) is 2.82. The van der Waals surface area contributed by atoms with Crippen molar-refractivity contribution in [3.05, 3.63) is 63.7 Å². The molecule has 0 atom stereocenters. The van der Waals surface area contributed by atoms with Crippen molar-refractivity contribution in [1.29, 1.82) is 0 Å². The smallest absolute Gasteiger partial charge is 0.435 e. The number of hydrogen-bond donors (Lipinski definition) is 1. The minimum absolute atomic E-state index is 0.166. The summed E-state index contributed by atoms with van der Waals surface area (Å²) in [5.41, 5.74) is -0.0108. The highest BCUT2D eigenvalue weighted by Crippen LogP contribution is 2.35. The van der Waals surface area contributed by atoms with Crippen LogP contribution >= 0.6 is 11.6 Å². The first-order chi connectivity index (χ1) is 12.8. The number of nitrogens with one attached hydrogen (secondary N) is 1. The Morgan fingerprint density at radius 3 is 2.63 bits per heavy atom. The first-order valence-electron chi connectivity index (χ1n) is 7.75. The average Bonchev–Trinajstić information content (AvgIpc) is 3.09. The van der Waals surface area contributed by atoms with Crippen LogP contribution in [0.5, 0.6) is 5.88 Å². The predicted molar refractivity (Wildman–Crippen MR) is 95.3 cm³/mol. The fourth-order valence-corrected chi connectivity index (χ4v) is 3.19. The molecule has 0 saturated carbocycles. The van der Waals surface area contributed by atoms with E-state index in [1.807, 2.05) is 0 Å². The summed E-state index contributed by atoms with van der Waals surface area (Å²) in [4.78, 5) is 14.4. The third-order valence-corrected chi connectivity index (χ3v) is 4.56. The first kappa shape index (κ1) is 17.4. The molecule has 9 heteroatoms. The van der Waals surface area contributed by atoms with Gasteiger partial charge < -0.3 is 9.72 Å². The summed E-state index contributed by atoms with van der Waals surface area (Å²) in [6.45, 7) is 0. The van der Waals surface area contributed by atoms with Gasteiger partial charge in [-0.25, -0.2) is 0 Å². The Bertz CT molecular complexity index is 1240. The maximum Gasteiger partial charge on any atom is 0.435 e. The molecule has 1 N–H and O–H groups in total. The zero-order chi connectivity index (χ0) is 19.3. The van der Waals surface area contributed by atoms with Gasteiger partial charge in [-0.2, -0.15) is 22.8 Å². The molecule has 0 amide bonds. The van der Waals surface area contributed by atoms with E-state index in [2.05, 4.69) is 10.1 Å². The van der Waals surface area contributed by atoms with Gasteiger partial charge in [0.15, 0.2) is 5.69 Å². The number of ether oxygens (including phenoxy) is 1. The van der Waals surface area contributed by atoms with E-state index in [4.69, 9.17) is 16.3 Å². The van der Waals surface area contributed by atoms with E-state index < -0.39 is 11.9 Å². The topological polar surface area (TPSA) is 59.4 Å². The van der Waals surface area contributed by atoms with Gasteiger partial charge in [0.25, 0.3) is 5.56 Å². The summed E-state index contributed by atoms with van der Waals surface area (Å²) < 4.78 is 45.6. The number of methoxy groups -OCH3 is 1. The SMILES string of the molecule is COc1ccc(-c2ccc3c(=O)[nH]cc(Cl)c3c2)c2cc(C(F)(F)F)nn12. The number of benzene rings is 1. The van der Waals surface area contributed by atoms with Gasteiger partial charge in [-0.05, 0) is 29.8 Å². The third-order valence-electron chi connectivity index (χ3n) is 4.25. The van der Waals surface area contributed by atoms with Crippen LogP contribution in [0.3, 0.4) is 0 Å². The van der Waals surface area contributed by atoms with E-state index in [9.17, 15) is 18.0 Å². The number of alkyl halides is 3. The van der Waals surface area contributed by atoms with Crippen molar-refractivity contribution in [2.24, 2.45) is 0 Å². The highest BCUT2D eigenvalue weighted by atomic mass is 35.5. The fraction of sp³-hybridized carbons (Fsp3) is 0.111. The van der Waals surface area contributed by atoms with Crippen LogP contribution in [-0.2, 0) is 6.18 Å². The van der Waals surface area contributed by atoms with Gasteiger partial charge in [0.1, 0.15) is 0 Å². The molecule has 0 aliphatic rings. The number of aromatic nitrogens is 3. The van der Waals surface area contributed by atoms with Gasteiger partial charge in [-0.3, -0.25) is 4.79 Å². The fourth-order valence-electron chi connectivity index (χ4n) is 2.98. The molecule has 0 fully saturated rings. The molecule has 0 aliphatic heterocycles. The molecule has 4 aromatic rings. The lowest BCUT2D eigenvalue weighted by Crippen LogP contribution is -2.06. The van der Waals surface area contributed by atoms with E-state index in [1.54, 1.807) is 24.3 Å². The second-order valence-electron chi connectivity index (χ2n) is 5.84. The number of pyridine rings is 2. The monoisotopic (exact) mass is 393 g/mol. The molecule has 3 aromatic heterocycles. The Labute approximate surface area is 155 Å². The van der Waals surface area contributed by atoms with Gasteiger partial charge >= 0.3 is 6.18 Å². The van der Waals surface area contributed by atoms with Gasteiger partial charge in [0.2, 0.25) is 5.88 Å². The van der Waals surface area contributed by atoms with E-state index in [1.165, 1.54) is 19.4 Å². The number of fused-ring (bicyclic) bond motifs is 2. The Kier molecular flexibility index (Phi) is 3.88. The average molecular weight is 394 g/mol. The normalized spacial score (nSPS) is 12.0. The maximum absolute atomic E-state index is 13.1. The summed E-state index contributed by atoms with van der Waals surface area (Å²) in [5, 5.41) is 4.85. The molecule has 0 aliphatic carbocycles. The first-order valence-corrected chi connectivity index (χ1v) is 8.12. The van der Waals surface area contributed by atoms with Crippen LogP contribution in [0.2, 0.25) is 5.02 Å². The minimum Gasteiger partial charge on any atom is -0.481 e. The van der Waals surface area contributed by atoms with Crippen LogP contribution < -0.4 is 10.3 Å². The number of H-pyrrole nitrogens is 1. The summed E-state index contributed by atoms with van der Waals surface area (Å²) >= 11 is 6.16. The van der Waals surface area contributed by atoms with E-state index in [-0.39, 0.29) is 17.0 Å². The molecule has 5 nitrogen and oxygen atoms in total. The Balaban J connectivity index is 2.02. The predicted octanol–water partition coefficient (Wildman–Crippen LogP) is 4.52. The second kappa shape index (κ2) is 6.02. The van der Waals surface area contributed by atoms with Crippen LogP contribution in [0, 0.1) is 0 Å². The van der Waals surface area contributed by atoms with E-state index >= 15 is 0 Å². The molecule has 138 valence electrons. The molecule has 3 heterocycles. The van der Waals surface area contributed by atoms with Crippen molar-refractivity contribution >= 4 is 27.9 Å². The molecule has 0 unspecified atom stereocenters.